The van der Waals surface area contributed by atoms with Crippen LogP contribution < -0.4 is 0 Å². The second kappa shape index (κ2) is 5.96. The van der Waals surface area contributed by atoms with Crippen LogP contribution in [0.4, 0.5) is 13.2 Å². The van der Waals surface area contributed by atoms with Gasteiger partial charge in [-0.3, -0.25) is 9.48 Å². The molecule has 0 bridgehead atoms. The minimum absolute atomic E-state index is 0.0693. The number of benzene rings is 1. The zero-order chi connectivity index (χ0) is 17.5. The van der Waals surface area contributed by atoms with Crippen LogP contribution in [-0.2, 0) is 16.6 Å². The molecule has 1 aromatic heterocycles. The Morgan fingerprint density at radius 1 is 1.42 bits per heavy atom. The molecule has 0 unspecified atom stereocenters. The van der Waals surface area contributed by atoms with Gasteiger partial charge in [-0.2, -0.15) is 18.3 Å². The molecule has 2 aromatic rings. The normalized spacial score (nSPS) is 21.4. The van der Waals surface area contributed by atoms with Crippen molar-refractivity contribution in [2.75, 3.05) is 0 Å². The number of aromatic nitrogens is 2. The van der Waals surface area contributed by atoms with E-state index < -0.39 is 24.2 Å². The molecular weight excluding hydrogens is 321 g/mol. The Morgan fingerprint density at radius 3 is 2.75 bits per heavy atom. The third kappa shape index (κ3) is 3.44. The van der Waals surface area contributed by atoms with Crippen molar-refractivity contribution in [3.8, 4) is 0 Å². The highest BCUT2D eigenvalue weighted by Gasteiger charge is 2.50. The molecule has 3 rings (SSSR count). The number of hydrogen-bond donors (Lipinski definition) is 0. The summed E-state index contributed by atoms with van der Waals surface area (Å²) in [6.07, 6.45) is -4.17. The summed E-state index contributed by atoms with van der Waals surface area (Å²) in [5.41, 5.74) is 1.84. The van der Waals surface area contributed by atoms with Crippen molar-refractivity contribution in [1.82, 2.24) is 9.78 Å². The predicted octanol–water partition coefficient (Wildman–Crippen LogP) is 3.68. The van der Waals surface area contributed by atoms with Gasteiger partial charge in [-0.15, -0.1) is 0 Å². The van der Waals surface area contributed by atoms with Crippen LogP contribution in [0.25, 0.3) is 0 Å². The van der Waals surface area contributed by atoms with E-state index in [-0.39, 0.29) is 11.5 Å². The Labute approximate surface area is 137 Å². The number of carbonyl (C=O) groups excluding carboxylic acids is 1. The summed E-state index contributed by atoms with van der Waals surface area (Å²) in [6, 6.07) is 7.63. The van der Waals surface area contributed by atoms with Gasteiger partial charge in [-0.1, -0.05) is 29.8 Å². The van der Waals surface area contributed by atoms with Gasteiger partial charge in [0.25, 0.3) is 0 Å². The van der Waals surface area contributed by atoms with Crippen molar-refractivity contribution in [3.63, 3.8) is 0 Å². The standard InChI is InChI=1S/C17H17F3N2O2/c1-10-4-3-5-11(6-10)13-7-14(13)16(23)24-15(17(18,19)20)12-8-21-22(2)9-12/h3-6,8-9,13-15H,7H2,1-2H3/t13-,14+,15-/m0/s1. The van der Waals surface area contributed by atoms with Gasteiger partial charge in [0.2, 0.25) is 6.10 Å². The molecule has 1 aliphatic carbocycles. The maximum Gasteiger partial charge on any atom is 0.429 e. The van der Waals surface area contributed by atoms with Gasteiger partial charge in [-0.05, 0) is 24.8 Å². The molecule has 24 heavy (non-hydrogen) atoms. The Kier molecular flexibility index (Phi) is 4.11. The summed E-state index contributed by atoms with van der Waals surface area (Å²) in [7, 11) is 1.51. The number of aryl methyl sites for hydroxylation is 2. The van der Waals surface area contributed by atoms with E-state index in [9.17, 15) is 18.0 Å². The molecule has 1 heterocycles. The van der Waals surface area contributed by atoms with Crippen LogP contribution in [0.3, 0.4) is 0 Å². The van der Waals surface area contributed by atoms with Crippen LogP contribution in [0.15, 0.2) is 36.7 Å². The second-order valence-electron chi connectivity index (χ2n) is 6.17. The zero-order valence-electron chi connectivity index (χ0n) is 13.2. The van der Waals surface area contributed by atoms with Gasteiger partial charge < -0.3 is 4.74 Å². The number of rotatable bonds is 4. The highest BCUT2D eigenvalue weighted by Crippen LogP contribution is 2.49. The summed E-state index contributed by atoms with van der Waals surface area (Å²) >= 11 is 0. The molecule has 0 radical (unpaired) electrons. The lowest BCUT2D eigenvalue weighted by Crippen LogP contribution is -2.26. The van der Waals surface area contributed by atoms with Gasteiger partial charge in [0.1, 0.15) is 0 Å². The molecule has 0 amide bonds. The van der Waals surface area contributed by atoms with E-state index in [1.807, 2.05) is 31.2 Å². The van der Waals surface area contributed by atoms with E-state index in [1.165, 1.54) is 17.9 Å². The molecule has 0 aliphatic heterocycles. The number of halogens is 3. The Balaban J connectivity index is 1.71. The van der Waals surface area contributed by atoms with Gasteiger partial charge in [0, 0.05) is 18.8 Å². The lowest BCUT2D eigenvalue weighted by molar-refractivity contribution is -0.225. The smallest absolute Gasteiger partial charge is 0.429 e. The fourth-order valence-corrected chi connectivity index (χ4v) is 2.83. The fourth-order valence-electron chi connectivity index (χ4n) is 2.83. The lowest BCUT2D eigenvalue weighted by Gasteiger charge is -2.19. The monoisotopic (exact) mass is 338 g/mol. The van der Waals surface area contributed by atoms with Crippen LogP contribution in [0.2, 0.25) is 0 Å². The summed E-state index contributed by atoms with van der Waals surface area (Å²) in [5, 5.41) is 3.72. The molecule has 1 saturated carbocycles. The maximum absolute atomic E-state index is 13.2. The second-order valence-corrected chi connectivity index (χ2v) is 6.17. The molecule has 0 saturated heterocycles. The van der Waals surface area contributed by atoms with Crippen LogP contribution >= 0.6 is 0 Å². The van der Waals surface area contributed by atoms with Crippen LogP contribution in [0.5, 0.6) is 0 Å². The van der Waals surface area contributed by atoms with Crippen LogP contribution in [-0.4, -0.2) is 21.9 Å². The number of nitrogens with zero attached hydrogens (tertiary/aromatic N) is 2. The van der Waals surface area contributed by atoms with Crippen molar-refractivity contribution >= 4 is 5.97 Å². The van der Waals surface area contributed by atoms with Gasteiger partial charge in [-0.25, -0.2) is 0 Å². The average Bonchev–Trinajstić information content (AvgIpc) is 3.19. The molecule has 0 N–H and O–H groups in total. The van der Waals surface area contributed by atoms with E-state index in [4.69, 9.17) is 4.74 Å². The van der Waals surface area contributed by atoms with Gasteiger partial charge in [0.05, 0.1) is 12.1 Å². The van der Waals surface area contributed by atoms with Gasteiger partial charge in [0.15, 0.2) is 0 Å². The molecule has 1 aliphatic rings. The van der Waals surface area contributed by atoms with E-state index in [1.54, 1.807) is 0 Å². The molecular formula is C17H17F3N2O2. The largest absolute Gasteiger partial charge is 0.447 e. The summed E-state index contributed by atoms with van der Waals surface area (Å²) in [5.74, 6) is -1.40. The van der Waals surface area contributed by atoms with E-state index in [0.717, 1.165) is 17.3 Å². The molecule has 1 aromatic carbocycles. The molecule has 128 valence electrons. The summed E-state index contributed by atoms with van der Waals surface area (Å²) in [6.45, 7) is 1.93. The first-order valence-electron chi connectivity index (χ1n) is 7.58. The quantitative estimate of drug-likeness (QED) is 0.799. The molecule has 7 heteroatoms. The lowest BCUT2D eigenvalue weighted by atomic mass is 10.1. The highest BCUT2D eigenvalue weighted by molar-refractivity contribution is 5.77. The van der Waals surface area contributed by atoms with Crippen molar-refractivity contribution in [3.05, 3.63) is 53.3 Å². The molecule has 3 atom stereocenters. The Hall–Kier alpha value is -2.31. The number of ether oxygens (including phenoxy) is 1. The van der Waals surface area contributed by atoms with Crippen molar-refractivity contribution in [2.45, 2.75) is 31.5 Å². The minimum atomic E-state index is -4.67. The average molecular weight is 338 g/mol. The molecule has 0 spiro atoms. The van der Waals surface area contributed by atoms with Crippen molar-refractivity contribution in [1.29, 1.82) is 0 Å². The van der Waals surface area contributed by atoms with Crippen LogP contribution in [0, 0.1) is 12.8 Å². The predicted molar refractivity (Wildman–Crippen MR) is 80.1 cm³/mol. The molecule has 1 fully saturated rings. The molecule has 4 nitrogen and oxygen atoms in total. The first kappa shape index (κ1) is 16.5. The van der Waals surface area contributed by atoms with E-state index >= 15 is 0 Å². The summed E-state index contributed by atoms with van der Waals surface area (Å²) < 4.78 is 45.7. The fraction of sp³-hybridized carbons (Fsp3) is 0.412. The minimum Gasteiger partial charge on any atom is -0.447 e. The Bertz CT molecular complexity index is 754. The highest BCUT2D eigenvalue weighted by atomic mass is 19.4. The number of esters is 1. The van der Waals surface area contributed by atoms with E-state index in [0.29, 0.717) is 6.42 Å². The third-order valence-corrected chi connectivity index (χ3v) is 4.12. The first-order valence-corrected chi connectivity index (χ1v) is 7.58. The van der Waals surface area contributed by atoms with E-state index in [2.05, 4.69) is 5.10 Å². The topological polar surface area (TPSA) is 44.1 Å². The van der Waals surface area contributed by atoms with Crippen LogP contribution in [0.1, 0.15) is 35.1 Å². The SMILES string of the molecule is Cc1cccc([C@@H]2C[C@H]2C(=O)O[C@@H](c2cnn(C)c2)C(F)(F)F)c1. The number of carbonyl (C=O) groups is 1. The Morgan fingerprint density at radius 2 is 2.17 bits per heavy atom. The van der Waals surface area contributed by atoms with Crippen molar-refractivity contribution < 1.29 is 22.7 Å². The van der Waals surface area contributed by atoms with Gasteiger partial charge >= 0.3 is 12.1 Å². The number of hydrogen-bond acceptors (Lipinski definition) is 3. The third-order valence-electron chi connectivity index (χ3n) is 4.12. The summed E-state index contributed by atoms with van der Waals surface area (Å²) in [4.78, 5) is 12.2. The first-order chi connectivity index (χ1) is 11.3. The number of alkyl halides is 3. The zero-order valence-corrected chi connectivity index (χ0v) is 13.2. The van der Waals surface area contributed by atoms with Crippen molar-refractivity contribution in [2.24, 2.45) is 13.0 Å². The maximum atomic E-state index is 13.2.